The molecule has 0 saturated heterocycles. The Labute approximate surface area is 141 Å². The van der Waals surface area contributed by atoms with Gasteiger partial charge in [0.2, 0.25) is 0 Å². The van der Waals surface area contributed by atoms with Crippen molar-refractivity contribution < 1.29 is 9.47 Å². The molecule has 23 heavy (non-hydrogen) atoms. The van der Waals surface area contributed by atoms with Crippen LogP contribution in [0.4, 0.5) is 0 Å². The maximum absolute atomic E-state index is 5.84. The fourth-order valence-electron chi connectivity index (χ4n) is 3.42. The molecule has 0 bridgehead atoms. The lowest BCUT2D eigenvalue weighted by Gasteiger charge is -2.27. The molecule has 1 aromatic rings. The van der Waals surface area contributed by atoms with E-state index in [0.717, 1.165) is 43.6 Å². The third-order valence-electron chi connectivity index (χ3n) is 4.97. The minimum atomic E-state index is 0.723. The van der Waals surface area contributed by atoms with Crippen molar-refractivity contribution in [2.24, 2.45) is 5.92 Å². The highest BCUT2D eigenvalue weighted by atomic mass is 16.5. The van der Waals surface area contributed by atoms with Crippen LogP contribution in [0, 0.1) is 5.92 Å². The van der Waals surface area contributed by atoms with Crippen molar-refractivity contribution in [1.29, 1.82) is 0 Å². The van der Waals surface area contributed by atoms with E-state index in [1.54, 1.807) is 7.11 Å². The van der Waals surface area contributed by atoms with Crippen molar-refractivity contribution in [2.45, 2.75) is 57.3 Å². The van der Waals surface area contributed by atoms with E-state index in [1.165, 1.54) is 44.1 Å². The number of hydrogen-bond acceptors (Lipinski definition) is 2. The Morgan fingerprint density at radius 2 is 1.61 bits per heavy atom. The molecular formula is C21H32O2. The molecule has 0 aliphatic heterocycles. The average Bonchev–Trinajstić information content (AvgIpc) is 2.61. The molecule has 1 aliphatic carbocycles. The van der Waals surface area contributed by atoms with Crippen LogP contribution in [-0.4, -0.2) is 20.3 Å². The normalized spacial score (nSPS) is 21.1. The zero-order valence-corrected chi connectivity index (χ0v) is 14.6. The molecule has 0 aromatic heterocycles. The Hall–Kier alpha value is -1.28. The van der Waals surface area contributed by atoms with Crippen molar-refractivity contribution in [3.63, 3.8) is 0 Å². The first-order valence-corrected chi connectivity index (χ1v) is 9.17. The zero-order valence-electron chi connectivity index (χ0n) is 14.6. The maximum Gasteiger partial charge on any atom is 0.119 e. The van der Waals surface area contributed by atoms with Crippen LogP contribution in [0.15, 0.2) is 36.9 Å². The molecule has 2 nitrogen and oxygen atoms in total. The molecule has 0 spiro atoms. The SMILES string of the molecule is C=CC1CCC(c2ccc(OCCCCCCOC)cc2)CC1. The second-order valence-corrected chi connectivity index (χ2v) is 6.67. The molecule has 128 valence electrons. The highest BCUT2D eigenvalue weighted by Gasteiger charge is 2.20. The van der Waals surface area contributed by atoms with E-state index in [9.17, 15) is 0 Å². The van der Waals surface area contributed by atoms with Gasteiger partial charge in [0, 0.05) is 13.7 Å². The van der Waals surface area contributed by atoms with Crippen molar-refractivity contribution in [1.82, 2.24) is 0 Å². The molecule has 0 radical (unpaired) electrons. The second-order valence-electron chi connectivity index (χ2n) is 6.67. The van der Waals surface area contributed by atoms with Crippen LogP contribution >= 0.6 is 0 Å². The van der Waals surface area contributed by atoms with Crippen molar-refractivity contribution >= 4 is 0 Å². The van der Waals surface area contributed by atoms with E-state index in [-0.39, 0.29) is 0 Å². The van der Waals surface area contributed by atoms with E-state index in [4.69, 9.17) is 9.47 Å². The number of allylic oxidation sites excluding steroid dienone is 1. The monoisotopic (exact) mass is 316 g/mol. The molecule has 2 heteroatoms. The fourth-order valence-corrected chi connectivity index (χ4v) is 3.42. The minimum Gasteiger partial charge on any atom is -0.494 e. The van der Waals surface area contributed by atoms with Crippen LogP contribution in [0.25, 0.3) is 0 Å². The predicted molar refractivity (Wildman–Crippen MR) is 97.2 cm³/mol. The van der Waals surface area contributed by atoms with Gasteiger partial charge in [0.15, 0.2) is 0 Å². The molecule has 1 aromatic carbocycles. The first-order chi connectivity index (χ1) is 11.3. The summed E-state index contributed by atoms with van der Waals surface area (Å²) in [4.78, 5) is 0. The minimum absolute atomic E-state index is 0.723. The molecule has 0 N–H and O–H groups in total. The van der Waals surface area contributed by atoms with Crippen LogP contribution < -0.4 is 4.74 Å². The quantitative estimate of drug-likeness (QED) is 0.405. The highest BCUT2D eigenvalue weighted by molar-refractivity contribution is 5.29. The topological polar surface area (TPSA) is 18.5 Å². The summed E-state index contributed by atoms with van der Waals surface area (Å²) in [7, 11) is 1.76. The first-order valence-electron chi connectivity index (χ1n) is 9.17. The molecule has 1 fully saturated rings. The Morgan fingerprint density at radius 1 is 0.957 bits per heavy atom. The maximum atomic E-state index is 5.84. The van der Waals surface area contributed by atoms with Gasteiger partial charge < -0.3 is 9.47 Å². The molecule has 0 unspecified atom stereocenters. The van der Waals surface area contributed by atoms with E-state index in [2.05, 4.69) is 36.9 Å². The summed E-state index contributed by atoms with van der Waals surface area (Å²) >= 11 is 0. The van der Waals surface area contributed by atoms with Gasteiger partial charge in [-0.3, -0.25) is 0 Å². The first kappa shape index (κ1) is 18.1. The van der Waals surface area contributed by atoms with Crippen LogP contribution in [0.1, 0.15) is 62.8 Å². The van der Waals surface area contributed by atoms with Crippen LogP contribution in [0.3, 0.4) is 0 Å². The van der Waals surface area contributed by atoms with E-state index in [1.807, 2.05) is 0 Å². The average molecular weight is 316 g/mol. The molecule has 0 amide bonds. The fraction of sp³-hybridized carbons (Fsp3) is 0.619. The lowest BCUT2D eigenvalue weighted by Crippen LogP contribution is -2.11. The number of methoxy groups -OCH3 is 1. The molecular weight excluding hydrogens is 284 g/mol. The number of benzene rings is 1. The highest BCUT2D eigenvalue weighted by Crippen LogP contribution is 2.36. The van der Waals surface area contributed by atoms with Gasteiger partial charge in [0.1, 0.15) is 5.75 Å². The Morgan fingerprint density at radius 3 is 2.22 bits per heavy atom. The van der Waals surface area contributed by atoms with Gasteiger partial charge in [0.05, 0.1) is 6.61 Å². The van der Waals surface area contributed by atoms with Crippen LogP contribution in [0.2, 0.25) is 0 Å². The Kier molecular flexibility index (Phi) is 8.24. The third-order valence-corrected chi connectivity index (χ3v) is 4.97. The van der Waals surface area contributed by atoms with Crippen molar-refractivity contribution in [3.05, 3.63) is 42.5 Å². The standard InChI is InChI=1S/C21H32O2/c1-3-18-8-10-19(11-9-18)20-12-14-21(15-13-20)23-17-7-5-4-6-16-22-2/h3,12-15,18-19H,1,4-11,16-17H2,2H3. The second kappa shape index (κ2) is 10.5. The summed E-state index contributed by atoms with van der Waals surface area (Å²) in [5.74, 6) is 2.46. The summed E-state index contributed by atoms with van der Waals surface area (Å²) in [5.41, 5.74) is 1.47. The van der Waals surface area contributed by atoms with E-state index in [0.29, 0.717) is 0 Å². The smallest absolute Gasteiger partial charge is 0.119 e. The molecule has 0 atom stereocenters. The Bertz CT molecular complexity index is 430. The van der Waals surface area contributed by atoms with Gasteiger partial charge >= 0.3 is 0 Å². The largest absolute Gasteiger partial charge is 0.494 e. The summed E-state index contributed by atoms with van der Waals surface area (Å²) in [6.07, 6.45) is 12.0. The lowest BCUT2D eigenvalue weighted by molar-refractivity contribution is 0.191. The van der Waals surface area contributed by atoms with Gasteiger partial charge in [-0.15, -0.1) is 6.58 Å². The van der Waals surface area contributed by atoms with Gasteiger partial charge in [-0.25, -0.2) is 0 Å². The number of ether oxygens (including phenoxy) is 2. The van der Waals surface area contributed by atoms with Gasteiger partial charge in [-0.1, -0.05) is 24.6 Å². The molecule has 1 aliphatic rings. The van der Waals surface area contributed by atoms with Crippen LogP contribution in [-0.2, 0) is 4.74 Å². The summed E-state index contributed by atoms with van der Waals surface area (Å²) < 4.78 is 10.9. The number of unbranched alkanes of at least 4 members (excludes halogenated alkanes) is 3. The third kappa shape index (κ3) is 6.39. The summed E-state index contributed by atoms with van der Waals surface area (Å²) in [6.45, 7) is 5.62. The van der Waals surface area contributed by atoms with E-state index < -0.39 is 0 Å². The zero-order chi connectivity index (χ0) is 16.3. The van der Waals surface area contributed by atoms with Gasteiger partial charge in [0.25, 0.3) is 0 Å². The summed E-state index contributed by atoms with van der Waals surface area (Å²) in [6, 6.07) is 8.79. The molecule has 1 saturated carbocycles. The van der Waals surface area contributed by atoms with Crippen molar-refractivity contribution in [3.8, 4) is 5.75 Å². The van der Waals surface area contributed by atoms with Gasteiger partial charge in [-0.2, -0.15) is 0 Å². The molecule has 2 rings (SSSR count). The van der Waals surface area contributed by atoms with E-state index >= 15 is 0 Å². The summed E-state index contributed by atoms with van der Waals surface area (Å²) in [5, 5.41) is 0. The number of rotatable bonds is 10. The van der Waals surface area contributed by atoms with Crippen molar-refractivity contribution in [2.75, 3.05) is 20.3 Å². The van der Waals surface area contributed by atoms with Crippen LogP contribution in [0.5, 0.6) is 5.75 Å². The molecule has 0 heterocycles. The lowest BCUT2D eigenvalue weighted by atomic mass is 9.79. The number of hydrogen-bond donors (Lipinski definition) is 0. The Balaban J connectivity index is 1.65. The predicted octanol–water partition coefficient (Wildman–Crippen LogP) is 5.73. The van der Waals surface area contributed by atoms with Gasteiger partial charge in [-0.05, 0) is 74.5 Å².